The summed E-state index contributed by atoms with van der Waals surface area (Å²) in [6.07, 6.45) is -2.37. The summed E-state index contributed by atoms with van der Waals surface area (Å²) in [5.41, 5.74) is -4.03. The molecule has 594 valence electrons. The molecule has 9 rings (SSSR count). The second kappa shape index (κ2) is 36.8. The number of carbonyl (C=O) groups is 1. The quantitative estimate of drug-likeness (QED) is 0.0131. The maximum atomic E-state index is 13.3. The van der Waals surface area contributed by atoms with Crippen LogP contribution in [0, 0.1) is 0 Å². The topological polar surface area (TPSA) is 537 Å². The molecule has 0 bridgehead atoms. The lowest BCUT2D eigenvalue weighted by Crippen LogP contribution is -2.49. The van der Waals surface area contributed by atoms with Gasteiger partial charge in [-0.1, -0.05) is 20.8 Å². The number of ether oxygens (including phenoxy) is 3. The molecule has 0 radical (unpaired) electrons. The Hall–Kier alpha value is -5.54. The lowest BCUT2D eigenvalue weighted by molar-refractivity contribution is -0.0534. The fourth-order valence-electron chi connectivity index (χ4n) is 10.9. The molecule has 14 N–H and O–H groups in total. The van der Waals surface area contributed by atoms with Crippen LogP contribution in [0.25, 0.3) is 33.1 Å². The van der Waals surface area contributed by atoms with E-state index in [0.717, 1.165) is 0 Å². The SMILES string of the molecule is CC(C)(C)OC(=O)N1[C@H](CO[Si](C)(C)C(C)(C)C)[C@@H](O)[C@@H](O)[C@@H]1c1c[nH]c2c(=O)[nH]cnc12.CCOP(=O)(COS(=O)(=O)C(F)(F)F)OCC.CCOP(=O)(CO[C@@H]1[C@H](O)[C@@H](O)N[C@H]1c1c[nH]c2c(=O)[nH]cnc12)OCC.CCOP(=O)(CO[C@H]1[C@@H](O)[C@H](c2c[nH]c3c(=O)[nH]cnc23)N[C@@H]1CO)OCC. The molecule has 3 aliphatic heterocycles. The summed E-state index contributed by atoms with van der Waals surface area (Å²) in [5, 5.41) is 68.7. The zero-order valence-corrected chi connectivity index (χ0v) is 64.7. The van der Waals surface area contributed by atoms with Gasteiger partial charge in [-0.25, -0.2) is 19.7 Å². The number of aliphatic hydroxyl groups excluding tert-OH is 6. The van der Waals surface area contributed by atoms with Crippen LogP contribution in [-0.4, -0.2) is 241 Å². The Kier molecular flexibility index (Phi) is 30.9. The maximum absolute atomic E-state index is 13.3. The second-order valence-corrected chi connectivity index (χ2v) is 38.5. The largest absolute Gasteiger partial charge is 0.523 e. The van der Waals surface area contributed by atoms with Crippen molar-refractivity contribution in [3.05, 3.63) is 85.3 Å². The van der Waals surface area contributed by atoms with Crippen LogP contribution in [0.3, 0.4) is 0 Å². The summed E-state index contributed by atoms with van der Waals surface area (Å²) in [7, 11) is -19.0. The fourth-order valence-corrected chi connectivity index (χ4v) is 16.9. The molecule has 3 fully saturated rings. The number of rotatable bonds is 28. The van der Waals surface area contributed by atoms with Crippen molar-refractivity contribution in [2.75, 3.05) is 71.9 Å². The molecule has 0 unspecified atom stereocenters. The van der Waals surface area contributed by atoms with Gasteiger partial charge >= 0.3 is 44.5 Å². The molecule has 3 saturated heterocycles. The third kappa shape index (κ3) is 21.7. The Morgan fingerprint density at radius 3 is 1.37 bits per heavy atom. The van der Waals surface area contributed by atoms with Gasteiger partial charge in [0.15, 0.2) is 14.7 Å². The van der Waals surface area contributed by atoms with Crippen LogP contribution in [0.5, 0.6) is 0 Å². The first-order valence-electron chi connectivity index (χ1n) is 33.1. The van der Waals surface area contributed by atoms with E-state index < -0.39 is 144 Å². The summed E-state index contributed by atoms with van der Waals surface area (Å²) in [6.45, 7) is 25.5. The Bertz CT molecular complexity index is 4260. The highest BCUT2D eigenvalue weighted by Gasteiger charge is 2.55. The van der Waals surface area contributed by atoms with E-state index in [1.54, 1.807) is 60.9 Å². The number of nitrogens with zero attached hydrogens (tertiary/aromatic N) is 4. The number of halogens is 3. The number of aromatic amines is 6. The van der Waals surface area contributed by atoms with Crippen molar-refractivity contribution in [3.63, 3.8) is 0 Å². The molecule has 105 heavy (non-hydrogen) atoms. The summed E-state index contributed by atoms with van der Waals surface area (Å²) in [5.74, 6) is 0. The van der Waals surface area contributed by atoms with E-state index in [1.807, 2.05) is 0 Å². The van der Waals surface area contributed by atoms with Crippen LogP contribution in [-0.2, 0) is 73.8 Å². The number of alkyl halides is 3. The molecule has 0 spiro atoms. The molecule has 38 nitrogen and oxygen atoms in total. The third-order valence-corrected chi connectivity index (χ3v) is 27.6. The van der Waals surface area contributed by atoms with Gasteiger partial charge in [0.05, 0.1) is 102 Å². The summed E-state index contributed by atoms with van der Waals surface area (Å²) in [6, 6.07) is -3.80. The smallest absolute Gasteiger partial charge is 0.444 e. The van der Waals surface area contributed by atoms with E-state index in [9.17, 15) is 85.1 Å². The number of likely N-dealkylation sites (tertiary alicyclic amines) is 1. The number of fused-ring (bicyclic) bond motifs is 3. The molecule has 0 saturated carbocycles. The Balaban J connectivity index is 0.000000225. The normalized spacial score (nSPS) is 23.5. The van der Waals surface area contributed by atoms with Gasteiger partial charge in [-0.3, -0.25) is 42.5 Å². The molecule has 46 heteroatoms. The lowest BCUT2D eigenvalue weighted by atomic mass is 10.0. The predicted octanol–water partition coefficient (Wildman–Crippen LogP) is 5.14. The molecule has 9 heterocycles. The zero-order valence-electron chi connectivity index (χ0n) is 60.2. The molecule has 1 amide bonds. The Morgan fingerprint density at radius 1 is 0.571 bits per heavy atom. The second-order valence-electron chi connectivity index (χ2n) is 26.1. The van der Waals surface area contributed by atoms with Gasteiger partial charge in [0.2, 0.25) is 0 Å². The predicted molar refractivity (Wildman–Crippen MR) is 374 cm³/mol. The molecule has 6 aromatic rings. The number of aliphatic hydroxyl groups is 6. The minimum Gasteiger partial charge on any atom is -0.444 e. The molecular weight excluding hydrogens is 1500 g/mol. The van der Waals surface area contributed by atoms with E-state index in [1.165, 1.54) is 43.9 Å². The fraction of sp³-hybridized carbons (Fsp3) is 0.678. The van der Waals surface area contributed by atoms with Crippen LogP contribution in [0.2, 0.25) is 18.1 Å². The van der Waals surface area contributed by atoms with Gasteiger partial charge in [0.1, 0.15) is 94.2 Å². The van der Waals surface area contributed by atoms with Crippen LogP contribution < -0.4 is 27.3 Å². The van der Waals surface area contributed by atoms with E-state index in [-0.39, 0.29) is 97.5 Å². The lowest BCUT2D eigenvalue weighted by Gasteiger charge is -2.39. The van der Waals surface area contributed by atoms with E-state index in [4.69, 9.17) is 36.7 Å². The number of nitrogens with one attached hydrogen (secondary N) is 8. The Labute approximate surface area is 601 Å². The highest BCUT2D eigenvalue weighted by Crippen LogP contribution is 2.52. The number of aromatic nitrogens is 9. The van der Waals surface area contributed by atoms with E-state index in [0.29, 0.717) is 33.2 Å². The van der Waals surface area contributed by atoms with Crippen LogP contribution >= 0.6 is 22.8 Å². The van der Waals surface area contributed by atoms with Crippen molar-refractivity contribution in [1.82, 2.24) is 60.4 Å². The van der Waals surface area contributed by atoms with Gasteiger partial charge in [0.25, 0.3) is 16.7 Å². The average molecular weight is 1600 g/mol. The summed E-state index contributed by atoms with van der Waals surface area (Å²) < 4.78 is 150. The molecule has 0 aromatic carbocycles. The molecular formula is C59H96F3N12O26P3SSi. The summed E-state index contributed by atoms with van der Waals surface area (Å²) in [4.78, 5) is 79.1. The third-order valence-electron chi connectivity index (χ3n) is 16.7. The van der Waals surface area contributed by atoms with Crippen molar-refractivity contribution in [2.45, 2.75) is 185 Å². The maximum Gasteiger partial charge on any atom is 0.523 e. The van der Waals surface area contributed by atoms with Gasteiger partial charge in [0, 0.05) is 35.3 Å². The molecule has 0 aliphatic carbocycles. The van der Waals surface area contributed by atoms with Crippen LogP contribution in [0.4, 0.5) is 18.0 Å². The van der Waals surface area contributed by atoms with Crippen LogP contribution in [0.15, 0.2) is 52.0 Å². The number of hydrogen-bond donors (Lipinski definition) is 14. The monoisotopic (exact) mass is 1600 g/mol. The molecule has 3 aliphatic rings. The van der Waals surface area contributed by atoms with Crippen molar-refractivity contribution >= 4 is 80.4 Å². The molecule has 6 aromatic heterocycles. The van der Waals surface area contributed by atoms with Gasteiger partial charge in [-0.2, -0.15) is 21.6 Å². The van der Waals surface area contributed by atoms with Crippen molar-refractivity contribution < 1.29 is 121 Å². The average Bonchev–Trinajstić information content (AvgIpc) is 1.60. The van der Waals surface area contributed by atoms with Gasteiger partial charge < -0.3 is 112 Å². The first-order chi connectivity index (χ1) is 49.0. The van der Waals surface area contributed by atoms with E-state index >= 15 is 0 Å². The van der Waals surface area contributed by atoms with Crippen LogP contribution in [0.1, 0.15) is 118 Å². The summed E-state index contributed by atoms with van der Waals surface area (Å²) >= 11 is 0. The van der Waals surface area contributed by atoms with Gasteiger partial charge in [-0.15, -0.1) is 0 Å². The number of carbonyl (C=O) groups excluding carboxylic acids is 1. The standard InChI is InChI=1S/C22H36N4O6Si.C16H25N4O7P.C15H23N4O7P.C6H12F3O6PS/c1-21(2,3)32-20(30)26-13(10-31-33(7,8)22(4,5)6)17(27)18(28)16(26)12-9-23-15-14(12)24-11-25-19(15)29;1-3-26-28(24,27-4-2)8-25-15-10(6-21)20-12(14(15)22)9-5-17-13-11(9)18-7-19-16(13)23;1-3-25-27(23,26-4-2)7-24-13-10(19-15(22)12(13)20)8-5-16-11-9(8)17-6-18-14(11)21;1-3-13-16(10,14-4-2)5-15-17(11,12)6(7,8)9/h9,11,13,16-18,23,27-28H,10H2,1-8H3,(H,24,25,29);5,7,10,12,14-15,17,20-22H,3-4,6,8H2,1-2H3,(H,18,19,23);5-6,10,12-13,15-16,19-20,22H,3-4,7H2,1-2H3,(H,17,18,21);3-5H2,1-2H3/t13-,16+,17-,18+;10-,12+,14+,15-;10-,12-,13-,15+;/m110./s1. The van der Waals surface area contributed by atoms with Crippen molar-refractivity contribution in [2.24, 2.45) is 0 Å². The molecule has 12 atom stereocenters. The first-order valence-corrected chi connectivity index (χ1v) is 42.6. The highest BCUT2D eigenvalue weighted by atomic mass is 32.2. The van der Waals surface area contributed by atoms with Crippen molar-refractivity contribution in [1.29, 1.82) is 0 Å². The minimum absolute atomic E-state index is 0.0425. The highest BCUT2D eigenvalue weighted by molar-refractivity contribution is 7.87. The number of H-pyrrole nitrogens is 6. The zero-order chi connectivity index (χ0) is 78.6. The van der Waals surface area contributed by atoms with Crippen molar-refractivity contribution in [3.8, 4) is 0 Å². The van der Waals surface area contributed by atoms with Gasteiger partial charge in [-0.05, 0) is 80.4 Å². The Morgan fingerprint density at radius 2 is 0.971 bits per heavy atom. The number of hydrogen-bond acceptors (Lipinski definition) is 31. The van der Waals surface area contributed by atoms with E-state index in [2.05, 4.69) is 103 Å². The minimum atomic E-state index is -5.80. The number of amides is 1. The first kappa shape index (κ1) is 88.4.